The summed E-state index contributed by atoms with van der Waals surface area (Å²) < 4.78 is 86.0. The minimum absolute atomic E-state index is 0.0644. The zero-order valence-corrected chi connectivity index (χ0v) is 22.6. The van der Waals surface area contributed by atoms with Crippen LogP contribution in [0.15, 0.2) is 42.9 Å². The third kappa shape index (κ3) is 5.65. The lowest BCUT2D eigenvalue weighted by Gasteiger charge is -2.43. The molecule has 224 valence electrons. The first-order chi connectivity index (χ1) is 19.9. The summed E-state index contributed by atoms with van der Waals surface area (Å²) in [7, 11) is 1.25. The molecule has 0 unspecified atom stereocenters. The number of nitrogens with zero attached hydrogens (tertiary/aromatic N) is 6. The van der Waals surface area contributed by atoms with Gasteiger partial charge in [0, 0.05) is 17.7 Å². The van der Waals surface area contributed by atoms with Crippen molar-refractivity contribution in [2.24, 2.45) is 0 Å². The largest absolute Gasteiger partial charge is 0.573 e. The lowest BCUT2D eigenvalue weighted by molar-refractivity contribution is -0.274. The third-order valence-corrected chi connectivity index (χ3v) is 7.03. The SMILES string of the molecule is CO[C@@H]1[C@@H](n2cc(-c3ccc(Cl)c(F)c3F)nn2)[C@@H](O)[C@@H](CO)O[C@H]1c1nncn1-c1cc(Cl)ccc1OC(F)(F)F. The lowest BCUT2D eigenvalue weighted by atomic mass is 9.91. The molecule has 42 heavy (non-hydrogen) atoms. The Morgan fingerprint density at radius 1 is 1.10 bits per heavy atom. The van der Waals surface area contributed by atoms with Crippen molar-refractivity contribution >= 4 is 23.2 Å². The van der Waals surface area contributed by atoms with Gasteiger partial charge in [-0.1, -0.05) is 28.4 Å². The summed E-state index contributed by atoms with van der Waals surface area (Å²) in [6, 6.07) is 4.51. The van der Waals surface area contributed by atoms with E-state index in [1.54, 1.807) is 0 Å². The number of aliphatic hydroxyl groups excluding tert-OH is 2. The summed E-state index contributed by atoms with van der Waals surface area (Å²) in [5, 5.41) is 36.3. The molecule has 5 atom stereocenters. The predicted molar refractivity (Wildman–Crippen MR) is 134 cm³/mol. The molecule has 4 aromatic rings. The normalized spacial score (nSPS) is 22.9. The highest BCUT2D eigenvalue weighted by molar-refractivity contribution is 6.31. The Morgan fingerprint density at radius 3 is 2.55 bits per heavy atom. The quantitative estimate of drug-likeness (QED) is 0.228. The van der Waals surface area contributed by atoms with E-state index in [2.05, 4.69) is 25.2 Å². The summed E-state index contributed by atoms with van der Waals surface area (Å²) in [6.07, 6.45) is -8.03. The smallest absolute Gasteiger partial charge is 0.404 e. The fourth-order valence-electron chi connectivity index (χ4n) is 4.65. The molecular formula is C24H19Cl2F5N6O5. The van der Waals surface area contributed by atoms with Crippen LogP contribution < -0.4 is 4.74 Å². The molecular weight excluding hydrogens is 618 g/mol. The maximum Gasteiger partial charge on any atom is 0.573 e. The zero-order chi connectivity index (χ0) is 30.3. The lowest BCUT2D eigenvalue weighted by Crippen LogP contribution is -2.53. The molecule has 2 aromatic heterocycles. The molecule has 5 rings (SSSR count). The number of hydrogen-bond acceptors (Lipinski definition) is 9. The molecule has 0 radical (unpaired) electrons. The van der Waals surface area contributed by atoms with Crippen molar-refractivity contribution in [3.63, 3.8) is 0 Å². The standard InChI is InChI=1S/C24H19Cl2F5N6O5/c1-40-21-19(37-7-13(33-35-37)11-3-4-12(26)18(28)17(11)27)20(39)16(8-38)41-22(21)23-34-32-9-36(23)14-6-10(25)2-5-15(14)42-24(29,30)31/h2-7,9,16,19-22,38-39H,8H2,1H3/t16-,19+,20+,21-,22-/m1/s1. The van der Waals surface area contributed by atoms with Crippen molar-refractivity contribution in [3.05, 3.63) is 70.4 Å². The average molecular weight is 637 g/mol. The van der Waals surface area contributed by atoms with E-state index >= 15 is 0 Å². The van der Waals surface area contributed by atoms with E-state index in [9.17, 15) is 32.2 Å². The number of halogens is 7. The van der Waals surface area contributed by atoms with E-state index in [1.165, 1.54) is 31.5 Å². The van der Waals surface area contributed by atoms with Gasteiger partial charge in [-0.2, -0.15) is 0 Å². The summed E-state index contributed by atoms with van der Waals surface area (Å²) in [6.45, 7) is -0.711. The van der Waals surface area contributed by atoms with Gasteiger partial charge in [-0.05, 0) is 30.3 Å². The van der Waals surface area contributed by atoms with Crippen molar-refractivity contribution in [3.8, 4) is 22.7 Å². The van der Waals surface area contributed by atoms with Gasteiger partial charge >= 0.3 is 6.36 Å². The van der Waals surface area contributed by atoms with Gasteiger partial charge in [0.25, 0.3) is 0 Å². The van der Waals surface area contributed by atoms with Gasteiger partial charge in [0.15, 0.2) is 23.2 Å². The second kappa shape index (κ2) is 11.7. The van der Waals surface area contributed by atoms with E-state index < -0.39 is 65.8 Å². The highest BCUT2D eigenvalue weighted by Gasteiger charge is 2.49. The Hall–Kier alpha value is -3.41. The number of rotatable bonds is 7. The second-order valence-electron chi connectivity index (χ2n) is 8.98. The Bertz CT molecular complexity index is 1590. The molecule has 2 N–H and O–H groups in total. The molecule has 18 heteroatoms. The minimum atomic E-state index is -5.04. The fourth-order valence-corrected chi connectivity index (χ4v) is 4.96. The number of aliphatic hydroxyl groups is 2. The molecule has 2 aromatic carbocycles. The van der Waals surface area contributed by atoms with Crippen LogP contribution >= 0.6 is 23.2 Å². The van der Waals surface area contributed by atoms with Crippen LogP contribution in [0.2, 0.25) is 10.0 Å². The Kier molecular flexibility index (Phi) is 8.37. The molecule has 0 amide bonds. The van der Waals surface area contributed by atoms with Crippen LogP contribution in [-0.4, -0.2) is 78.4 Å². The number of methoxy groups -OCH3 is 1. The fraction of sp³-hybridized carbons (Fsp3) is 0.333. The summed E-state index contributed by atoms with van der Waals surface area (Å²) in [5.74, 6) is -3.31. The topological polar surface area (TPSA) is 130 Å². The molecule has 1 aliphatic heterocycles. The molecule has 0 spiro atoms. The van der Waals surface area contributed by atoms with Crippen LogP contribution in [-0.2, 0) is 9.47 Å². The van der Waals surface area contributed by atoms with Gasteiger partial charge in [0.2, 0.25) is 0 Å². The van der Waals surface area contributed by atoms with Crippen molar-refractivity contribution in [1.82, 2.24) is 29.8 Å². The number of alkyl halides is 3. The molecule has 1 saturated heterocycles. The highest BCUT2D eigenvalue weighted by Crippen LogP contribution is 2.41. The number of aromatic nitrogens is 6. The monoisotopic (exact) mass is 636 g/mol. The van der Waals surface area contributed by atoms with Crippen molar-refractivity contribution in [1.29, 1.82) is 0 Å². The zero-order valence-electron chi connectivity index (χ0n) is 21.1. The summed E-state index contributed by atoms with van der Waals surface area (Å²) >= 11 is 11.7. The van der Waals surface area contributed by atoms with Gasteiger partial charge < -0.3 is 24.4 Å². The Morgan fingerprint density at radius 2 is 1.86 bits per heavy atom. The van der Waals surface area contributed by atoms with E-state index in [0.717, 1.165) is 27.7 Å². The molecule has 1 aliphatic rings. The first-order valence-corrected chi connectivity index (χ1v) is 12.7. The van der Waals surface area contributed by atoms with Crippen LogP contribution in [0.25, 0.3) is 16.9 Å². The second-order valence-corrected chi connectivity index (χ2v) is 9.83. The van der Waals surface area contributed by atoms with Gasteiger partial charge in [-0.25, -0.2) is 13.5 Å². The Labute approximate surface area is 243 Å². The van der Waals surface area contributed by atoms with Gasteiger partial charge in [0.05, 0.1) is 23.5 Å². The summed E-state index contributed by atoms with van der Waals surface area (Å²) in [5.41, 5.74) is -0.596. The van der Waals surface area contributed by atoms with Gasteiger partial charge in [-0.15, -0.1) is 28.5 Å². The maximum absolute atomic E-state index is 14.6. The van der Waals surface area contributed by atoms with Crippen LogP contribution in [0.1, 0.15) is 18.0 Å². The molecule has 0 aliphatic carbocycles. The Balaban J connectivity index is 1.57. The van der Waals surface area contributed by atoms with Crippen LogP contribution in [0, 0.1) is 11.6 Å². The van der Waals surface area contributed by atoms with E-state index in [4.69, 9.17) is 32.7 Å². The number of ether oxygens (including phenoxy) is 3. The molecule has 0 bridgehead atoms. The molecule has 0 saturated carbocycles. The van der Waals surface area contributed by atoms with E-state index in [-0.39, 0.29) is 27.8 Å². The molecule has 1 fully saturated rings. The molecule has 3 heterocycles. The van der Waals surface area contributed by atoms with Crippen molar-refractivity contribution in [2.45, 2.75) is 36.8 Å². The maximum atomic E-state index is 14.6. The number of benzene rings is 2. The minimum Gasteiger partial charge on any atom is -0.404 e. The highest BCUT2D eigenvalue weighted by atomic mass is 35.5. The first kappa shape index (κ1) is 30.1. The van der Waals surface area contributed by atoms with Crippen LogP contribution in [0.4, 0.5) is 22.0 Å². The van der Waals surface area contributed by atoms with Crippen LogP contribution in [0.3, 0.4) is 0 Å². The molecule has 11 nitrogen and oxygen atoms in total. The van der Waals surface area contributed by atoms with E-state index in [1.807, 2.05) is 0 Å². The van der Waals surface area contributed by atoms with E-state index in [0.29, 0.717) is 0 Å². The van der Waals surface area contributed by atoms with Gasteiger partial charge in [0.1, 0.15) is 42.5 Å². The summed E-state index contributed by atoms with van der Waals surface area (Å²) in [4.78, 5) is 0. The predicted octanol–water partition coefficient (Wildman–Crippen LogP) is 4.06. The van der Waals surface area contributed by atoms with Crippen molar-refractivity contribution < 1.29 is 46.4 Å². The van der Waals surface area contributed by atoms with Gasteiger partial charge in [-0.3, -0.25) is 4.57 Å². The third-order valence-electron chi connectivity index (χ3n) is 6.50. The average Bonchev–Trinajstić information content (AvgIpc) is 3.62. The van der Waals surface area contributed by atoms with Crippen molar-refractivity contribution in [2.75, 3.05) is 13.7 Å². The number of hydrogen-bond donors (Lipinski definition) is 2. The first-order valence-electron chi connectivity index (χ1n) is 11.9. The van der Waals surface area contributed by atoms with Crippen LogP contribution in [0.5, 0.6) is 5.75 Å².